The summed E-state index contributed by atoms with van der Waals surface area (Å²) in [7, 11) is 0. The van der Waals surface area contributed by atoms with E-state index in [4.69, 9.17) is 9.47 Å². The molecule has 0 saturated heterocycles. The molecule has 3 rings (SSSR count). The molecule has 1 N–H and O–H groups in total. The van der Waals surface area contributed by atoms with E-state index in [9.17, 15) is 4.79 Å². The number of fused-ring (bicyclic) bond motifs is 1. The summed E-state index contributed by atoms with van der Waals surface area (Å²) in [5, 5.41) is 0. The third-order valence-electron chi connectivity index (χ3n) is 4.05. The number of H-pyrrole nitrogens is 1. The molecule has 24 heavy (non-hydrogen) atoms. The minimum Gasteiger partial charge on any atom is -0.488 e. The Morgan fingerprint density at radius 1 is 1.46 bits per heavy atom. The number of aromatic amines is 1. The number of amides is 1. The Hall–Kier alpha value is -2.57. The second-order valence-corrected chi connectivity index (χ2v) is 6.05. The lowest BCUT2D eigenvalue weighted by Crippen LogP contribution is -2.43. The highest BCUT2D eigenvalue weighted by Crippen LogP contribution is 2.33. The Labute approximate surface area is 141 Å². The fourth-order valence-electron chi connectivity index (χ4n) is 2.99. The molecule has 128 valence electrons. The van der Waals surface area contributed by atoms with E-state index < -0.39 is 0 Å². The zero-order valence-electron chi connectivity index (χ0n) is 13.9. The number of nitrogens with zero attached hydrogens (tertiary/aromatic N) is 3. The average Bonchev–Trinajstić information content (AvgIpc) is 3.07. The van der Waals surface area contributed by atoms with E-state index in [-0.39, 0.29) is 24.7 Å². The number of rotatable bonds is 5. The normalized spacial score (nSPS) is 16.8. The average molecular weight is 330 g/mol. The van der Waals surface area contributed by atoms with Crippen LogP contribution in [0.2, 0.25) is 0 Å². The van der Waals surface area contributed by atoms with Crippen molar-refractivity contribution in [3.63, 3.8) is 0 Å². The first-order valence-electron chi connectivity index (χ1n) is 8.15. The number of ether oxygens (including phenoxy) is 2. The van der Waals surface area contributed by atoms with E-state index in [1.165, 1.54) is 0 Å². The molecule has 1 atom stereocenters. The van der Waals surface area contributed by atoms with Crippen LogP contribution in [0, 0.1) is 5.92 Å². The number of pyridine rings is 1. The highest BCUT2D eigenvalue weighted by atomic mass is 16.6. The third-order valence-corrected chi connectivity index (χ3v) is 4.05. The second-order valence-electron chi connectivity index (χ2n) is 6.05. The first kappa shape index (κ1) is 16.3. The van der Waals surface area contributed by atoms with Crippen LogP contribution in [-0.2, 0) is 11.2 Å². The van der Waals surface area contributed by atoms with Crippen LogP contribution in [0.3, 0.4) is 0 Å². The van der Waals surface area contributed by atoms with Crippen LogP contribution in [0.5, 0.6) is 5.75 Å². The minimum absolute atomic E-state index is 0.0632. The first-order chi connectivity index (χ1) is 11.7. The van der Waals surface area contributed by atoms with E-state index in [0.29, 0.717) is 18.9 Å². The Morgan fingerprint density at radius 2 is 2.33 bits per heavy atom. The van der Waals surface area contributed by atoms with Gasteiger partial charge in [-0.3, -0.25) is 9.88 Å². The molecule has 0 aliphatic carbocycles. The molecular weight excluding hydrogens is 308 g/mol. The maximum Gasteiger partial charge on any atom is 0.410 e. The quantitative estimate of drug-likeness (QED) is 0.852. The van der Waals surface area contributed by atoms with E-state index in [1.54, 1.807) is 29.7 Å². The van der Waals surface area contributed by atoms with E-state index in [2.05, 4.69) is 28.8 Å². The molecule has 1 aliphatic heterocycles. The van der Waals surface area contributed by atoms with Crippen molar-refractivity contribution in [1.29, 1.82) is 0 Å². The van der Waals surface area contributed by atoms with Crippen LogP contribution in [0.1, 0.15) is 31.3 Å². The number of carbonyl (C=O) groups excluding carboxylic acids is 1. The molecule has 0 radical (unpaired) electrons. The highest BCUT2D eigenvalue weighted by molar-refractivity contribution is 5.68. The minimum atomic E-state index is -0.322. The number of imidazole rings is 1. The Bertz CT molecular complexity index is 671. The number of aromatic nitrogens is 3. The van der Waals surface area contributed by atoms with Crippen molar-refractivity contribution in [2.75, 3.05) is 19.8 Å². The van der Waals surface area contributed by atoms with Gasteiger partial charge in [-0.1, -0.05) is 13.8 Å². The van der Waals surface area contributed by atoms with Gasteiger partial charge in [0, 0.05) is 24.9 Å². The Kier molecular flexibility index (Phi) is 4.98. The lowest BCUT2D eigenvalue weighted by atomic mass is 9.94. The van der Waals surface area contributed by atoms with Crippen LogP contribution >= 0.6 is 0 Å². The molecular formula is C17H22N4O3. The lowest BCUT2D eigenvalue weighted by molar-refractivity contribution is 0.0608. The summed E-state index contributed by atoms with van der Waals surface area (Å²) in [5.74, 6) is 0.916. The largest absolute Gasteiger partial charge is 0.488 e. The summed E-state index contributed by atoms with van der Waals surface area (Å²) in [6.45, 7) is 5.29. The maximum absolute atomic E-state index is 12.5. The zero-order valence-corrected chi connectivity index (χ0v) is 13.9. The summed E-state index contributed by atoms with van der Waals surface area (Å²) in [5.41, 5.74) is 2.05. The summed E-state index contributed by atoms with van der Waals surface area (Å²) >= 11 is 0. The topological polar surface area (TPSA) is 80.3 Å². The zero-order chi connectivity index (χ0) is 16.9. The maximum atomic E-state index is 12.5. The van der Waals surface area contributed by atoms with Gasteiger partial charge in [-0.2, -0.15) is 0 Å². The summed E-state index contributed by atoms with van der Waals surface area (Å²) < 4.78 is 10.9. The number of nitrogens with one attached hydrogen (secondary N) is 1. The van der Waals surface area contributed by atoms with Gasteiger partial charge in [0.2, 0.25) is 0 Å². The van der Waals surface area contributed by atoms with Gasteiger partial charge in [0.15, 0.2) is 0 Å². The molecule has 0 bridgehead atoms. The van der Waals surface area contributed by atoms with E-state index in [1.807, 2.05) is 6.07 Å². The summed E-state index contributed by atoms with van der Waals surface area (Å²) in [6.07, 6.45) is 5.44. The van der Waals surface area contributed by atoms with Crippen LogP contribution in [0.15, 0.2) is 30.9 Å². The number of hydrogen-bond donors (Lipinski definition) is 1. The molecule has 0 aromatic carbocycles. The van der Waals surface area contributed by atoms with Crippen LogP contribution < -0.4 is 4.74 Å². The van der Waals surface area contributed by atoms with Gasteiger partial charge in [-0.25, -0.2) is 9.78 Å². The number of carbonyl (C=O) groups is 1. The van der Waals surface area contributed by atoms with Crippen molar-refractivity contribution in [3.8, 4) is 5.75 Å². The molecule has 7 nitrogen and oxygen atoms in total. The molecule has 7 heteroatoms. The fraction of sp³-hybridized carbons (Fsp3) is 0.471. The fourth-order valence-corrected chi connectivity index (χ4v) is 2.99. The van der Waals surface area contributed by atoms with Crippen molar-refractivity contribution < 1.29 is 14.3 Å². The van der Waals surface area contributed by atoms with Gasteiger partial charge >= 0.3 is 6.09 Å². The Balaban J connectivity index is 1.54. The van der Waals surface area contributed by atoms with Gasteiger partial charge in [-0.05, 0) is 18.1 Å². The standard InChI is InChI=1S/C17H22N4O3/c1-12(2)16-15-14(19-11-20-15)5-7-21(16)17(22)24-9-8-23-13-4-3-6-18-10-13/h3-4,6,10-12,16H,5,7-9H2,1-2H3,(H,19,20). The smallest absolute Gasteiger partial charge is 0.410 e. The number of hydrogen-bond acceptors (Lipinski definition) is 5. The first-order valence-corrected chi connectivity index (χ1v) is 8.15. The lowest BCUT2D eigenvalue weighted by Gasteiger charge is -2.36. The van der Waals surface area contributed by atoms with Gasteiger partial charge in [-0.15, -0.1) is 0 Å². The predicted octanol–water partition coefficient (Wildman–Crippen LogP) is 2.58. The van der Waals surface area contributed by atoms with E-state index >= 15 is 0 Å². The van der Waals surface area contributed by atoms with Crippen LogP contribution in [0.4, 0.5) is 4.79 Å². The second kappa shape index (κ2) is 7.33. The Morgan fingerprint density at radius 3 is 3.08 bits per heavy atom. The molecule has 1 amide bonds. The van der Waals surface area contributed by atoms with Gasteiger partial charge in [0.25, 0.3) is 0 Å². The van der Waals surface area contributed by atoms with Crippen molar-refractivity contribution in [2.45, 2.75) is 26.3 Å². The molecule has 1 unspecified atom stereocenters. The molecule has 3 heterocycles. The molecule has 0 spiro atoms. The van der Waals surface area contributed by atoms with Crippen molar-refractivity contribution in [3.05, 3.63) is 42.2 Å². The SMILES string of the molecule is CC(C)C1c2nc[nH]c2CCN1C(=O)OCCOc1cccnc1. The van der Waals surface area contributed by atoms with E-state index in [0.717, 1.165) is 17.8 Å². The third kappa shape index (κ3) is 3.50. The molecule has 2 aromatic rings. The molecule has 1 aliphatic rings. The van der Waals surface area contributed by atoms with Gasteiger partial charge < -0.3 is 14.5 Å². The molecule has 0 saturated carbocycles. The van der Waals surface area contributed by atoms with Gasteiger partial charge in [0.1, 0.15) is 19.0 Å². The highest BCUT2D eigenvalue weighted by Gasteiger charge is 2.35. The molecule has 0 fully saturated rings. The molecule has 2 aromatic heterocycles. The summed E-state index contributed by atoms with van der Waals surface area (Å²) in [6, 6.07) is 3.55. The van der Waals surface area contributed by atoms with Crippen LogP contribution in [-0.4, -0.2) is 45.7 Å². The van der Waals surface area contributed by atoms with Crippen LogP contribution in [0.25, 0.3) is 0 Å². The predicted molar refractivity (Wildman–Crippen MR) is 87.7 cm³/mol. The monoisotopic (exact) mass is 330 g/mol. The summed E-state index contributed by atoms with van der Waals surface area (Å²) in [4.78, 5) is 25.7. The van der Waals surface area contributed by atoms with Crippen molar-refractivity contribution in [1.82, 2.24) is 19.9 Å². The van der Waals surface area contributed by atoms with Crippen molar-refractivity contribution >= 4 is 6.09 Å². The van der Waals surface area contributed by atoms with Gasteiger partial charge in [0.05, 0.1) is 24.3 Å². The van der Waals surface area contributed by atoms with Crippen molar-refractivity contribution in [2.24, 2.45) is 5.92 Å².